The van der Waals surface area contributed by atoms with Crippen molar-refractivity contribution in [3.63, 3.8) is 0 Å². The number of sulfonamides is 1. The first kappa shape index (κ1) is 16.9. The summed E-state index contributed by atoms with van der Waals surface area (Å²) in [6.07, 6.45) is 0.937. The molecule has 0 radical (unpaired) electrons. The Kier molecular flexibility index (Phi) is 5.20. The maximum Gasteiger partial charge on any atom is 0.251 e. The Morgan fingerprint density at radius 3 is 2.68 bits per heavy atom. The number of benzene rings is 1. The molecule has 0 aliphatic carbocycles. The average molecular weight is 326 g/mol. The lowest BCUT2D eigenvalue weighted by Gasteiger charge is -2.13. The van der Waals surface area contributed by atoms with Crippen molar-refractivity contribution in [3.05, 3.63) is 28.8 Å². The minimum Gasteiger partial charge on any atom is -0.381 e. The van der Waals surface area contributed by atoms with Gasteiger partial charge in [-0.15, -0.1) is 0 Å². The van der Waals surface area contributed by atoms with Crippen molar-refractivity contribution in [2.24, 2.45) is 5.92 Å². The van der Waals surface area contributed by atoms with Crippen molar-refractivity contribution < 1.29 is 17.9 Å². The molecule has 1 aromatic rings. The Labute approximate surface area is 131 Å². The minimum absolute atomic E-state index is 0.143. The van der Waals surface area contributed by atoms with Crippen molar-refractivity contribution in [1.29, 1.82) is 0 Å². The highest BCUT2D eigenvalue weighted by atomic mass is 32.2. The van der Waals surface area contributed by atoms with Gasteiger partial charge in [0.25, 0.3) is 5.91 Å². The summed E-state index contributed by atoms with van der Waals surface area (Å²) in [7, 11) is -2.23. The number of rotatable bonds is 5. The van der Waals surface area contributed by atoms with Crippen LogP contribution in [0.1, 0.15) is 27.9 Å². The molecule has 0 saturated carbocycles. The van der Waals surface area contributed by atoms with Crippen LogP contribution in [0.4, 0.5) is 0 Å². The predicted octanol–water partition coefficient (Wildman–Crippen LogP) is 0.978. The molecule has 0 bridgehead atoms. The van der Waals surface area contributed by atoms with Crippen LogP contribution in [-0.4, -0.2) is 41.1 Å². The van der Waals surface area contributed by atoms with Crippen LogP contribution in [-0.2, 0) is 14.8 Å². The van der Waals surface area contributed by atoms with Crippen LogP contribution in [0.3, 0.4) is 0 Å². The van der Waals surface area contributed by atoms with Crippen LogP contribution in [0.25, 0.3) is 0 Å². The Morgan fingerprint density at radius 2 is 2.09 bits per heavy atom. The Balaban J connectivity index is 2.21. The van der Waals surface area contributed by atoms with Gasteiger partial charge in [0, 0.05) is 24.6 Å². The van der Waals surface area contributed by atoms with E-state index in [1.165, 1.54) is 13.1 Å². The molecule has 0 unspecified atom stereocenters. The van der Waals surface area contributed by atoms with Crippen LogP contribution in [0.5, 0.6) is 0 Å². The van der Waals surface area contributed by atoms with Crippen LogP contribution in [0, 0.1) is 19.8 Å². The van der Waals surface area contributed by atoms with E-state index in [4.69, 9.17) is 4.74 Å². The highest BCUT2D eigenvalue weighted by Crippen LogP contribution is 2.21. The zero-order valence-electron chi connectivity index (χ0n) is 13.1. The largest absolute Gasteiger partial charge is 0.381 e. The smallest absolute Gasteiger partial charge is 0.251 e. The molecule has 1 amide bonds. The highest BCUT2D eigenvalue weighted by molar-refractivity contribution is 7.89. The summed E-state index contributed by atoms with van der Waals surface area (Å²) >= 11 is 0. The lowest BCUT2D eigenvalue weighted by Crippen LogP contribution is -2.30. The topological polar surface area (TPSA) is 84.5 Å². The molecule has 2 rings (SSSR count). The second-order valence-electron chi connectivity index (χ2n) is 5.56. The van der Waals surface area contributed by atoms with Gasteiger partial charge in [0.2, 0.25) is 10.0 Å². The van der Waals surface area contributed by atoms with Crippen molar-refractivity contribution in [2.45, 2.75) is 25.2 Å². The zero-order chi connectivity index (χ0) is 16.3. The summed E-state index contributed by atoms with van der Waals surface area (Å²) in [6.45, 7) is 5.46. The van der Waals surface area contributed by atoms with Crippen LogP contribution in [0.15, 0.2) is 17.0 Å². The number of aryl methyl sites for hydroxylation is 1. The van der Waals surface area contributed by atoms with Crippen molar-refractivity contribution >= 4 is 15.9 Å². The van der Waals surface area contributed by atoms with Gasteiger partial charge in [-0.2, -0.15) is 0 Å². The van der Waals surface area contributed by atoms with Crippen LogP contribution in [0.2, 0.25) is 0 Å². The first-order chi connectivity index (χ1) is 10.3. The molecule has 1 atom stereocenters. The van der Waals surface area contributed by atoms with Gasteiger partial charge in [0.15, 0.2) is 0 Å². The molecule has 7 heteroatoms. The summed E-state index contributed by atoms with van der Waals surface area (Å²) in [6, 6.07) is 3.14. The number of ether oxygens (including phenoxy) is 1. The minimum atomic E-state index is -3.59. The number of hydrogen-bond acceptors (Lipinski definition) is 4. The van der Waals surface area contributed by atoms with Gasteiger partial charge in [-0.3, -0.25) is 4.79 Å². The number of carbonyl (C=O) groups excluding carboxylic acids is 1. The summed E-state index contributed by atoms with van der Waals surface area (Å²) in [4.78, 5) is 12.4. The number of hydrogen-bond donors (Lipinski definition) is 2. The maximum absolute atomic E-state index is 12.3. The molecule has 1 fully saturated rings. The van der Waals surface area contributed by atoms with E-state index in [-0.39, 0.29) is 10.8 Å². The van der Waals surface area contributed by atoms with E-state index in [1.54, 1.807) is 19.9 Å². The van der Waals surface area contributed by atoms with Crippen LogP contribution >= 0.6 is 0 Å². The monoisotopic (exact) mass is 326 g/mol. The molecule has 1 saturated heterocycles. The SMILES string of the molecule is CNS(=O)(=O)c1cc(C(=O)NC[C@H]2CCOC2)cc(C)c1C. The predicted molar refractivity (Wildman–Crippen MR) is 83.4 cm³/mol. The lowest BCUT2D eigenvalue weighted by atomic mass is 10.1. The zero-order valence-corrected chi connectivity index (χ0v) is 13.9. The van der Waals surface area contributed by atoms with Crippen LogP contribution < -0.4 is 10.0 Å². The van der Waals surface area contributed by atoms with E-state index in [1.807, 2.05) is 0 Å². The second kappa shape index (κ2) is 6.76. The third-order valence-corrected chi connectivity index (χ3v) is 5.56. The number of nitrogens with one attached hydrogen (secondary N) is 2. The molecule has 1 aliphatic rings. The third-order valence-electron chi connectivity index (χ3n) is 4.02. The van der Waals surface area contributed by atoms with E-state index in [0.29, 0.717) is 30.2 Å². The fourth-order valence-corrected chi connectivity index (χ4v) is 3.50. The molecule has 1 heterocycles. The van der Waals surface area contributed by atoms with E-state index >= 15 is 0 Å². The Morgan fingerprint density at radius 1 is 1.36 bits per heavy atom. The molecular weight excluding hydrogens is 304 g/mol. The van der Waals surface area contributed by atoms with Gasteiger partial charge in [0.1, 0.15) is 0 Å². The molecule has 22 heavy (non-hydrogen) atoms. The molecule has 1 aromatic carbocycles. The quantitative estimate of drug-likeness (QED) is 0.845. The first-order valence-corrected chi connectivity index (χ1v) is 8.74. The van der Waals surface area contributed by atoms with E-state index in [9.17, 15) is 13.2 Å². The van der Waals surface area contributed by atoms with Gasteiger partial charge < -0.3 is 10.1 Å². The maximum atomic E-state index is 12.3. The van der Waals surface area contributed by atoms with Crippen molar-refractivity contribution in [2.75, 3.05) is 26.8 Å². The summed E-state index contributed by atoms with van der Waals surface area (Å²) in [5, 5.41) is 2.85. The fourth-order valence-electron chi connectivity index (χ4n) is 2.43. The normalized spacial score (nSPS) is 18.4. The third kappa shape index (κ3) is 3.66. The molecule has 2 N–H and O–H groups in total. The van der Waals surface area contributed by atoms with E-state index in [0.717, 1.165) is 18.6 Å². The van der Waals surface area contributed by atoms with Gasteiger partial charge >= 0.3 is 0 Å². The molecule has 0 aromatic heterocycles. The fraction of sp³-hybridized carbons (Fsp3) is 0.533. The summed E-state index contributed by atoms with van der Waals surface area (Å²) in [5.41, 5.74) is 1.77. The molecular formula is C15H22N2O4S. The van der Waals surface area contributed by atoms with Gasteiger partial charge in [-0.25, -0.2) is 13.1 Å². The average Bonchev–Trinajstić information content (AvgIpc) is 3.00. The van der Waals surface area contributed by atoms with Crippen molar-refractivity contribution in [3.8, 4) is 0 Å². The lowest BCUT2D eigenvalue weighted by molar-refractivity contribution is 0.0944. The molecule has 6 nitrogen and oxygen atoms in total. The Hall–Kier alpha value is -1.44. The molecule has 0 spiro atoms. The highest BCUT2D eigenvalue weighted by Gasteiger charge is 2.21. The van der Waals surface area contributed by atoms with Gasteiger partial charge in [-0.1, -0.05) is 0 Å². The summed E-state index contributed by atoms with van der Waals surface area (Å²) < 4.78 is 31.7. The molecule has 122 valence electrons. The summed E-state index contributed by atoms with van der Waals surface area (Å²) in [5.74, 6) is 0.0681. The number of amides is 1. The Bertz CT molecular complexity index is 664. The second-order valence-corrected chi connectivity index (χ2v) is 7.42. The van der Waals surface area contributed by atoms with Gasteiger partial charge in [-0.05, 0) is 50.6 Å². The van der Waals surface area contributed by atoms with E-state index in [2.05, 4.69) is 10.0 Å². The number of carbonyl (C=O) groups is 1. The first-order valence-electron chi connectivity index (χ1n) is 7.26. The van der Waals surface area contributed by atoms with Gasteiger partial charge in [0.05, 0.1) is 11.5 Å². The molecule has 1 aliphatic heterocycles. The van der Waals surface area contributed by atoms with E-state index < -0.39 is 10.0 Å². The standard InChI is InChI=1S/C15H22N2O4S/c1-10-6-13(7-14(11(10)2)22(19,20)16-3)15(18)17-8-12-4-5-21-9-12/h6-7,12,16H,4-5,8-9H2,1-3H3,(H,17,18)/t12-/m1/s1. The van der Waals surface area contributed by atoms with Crippen molar-refractivity contribution in [1.82, 2.24) is 10.0 Å².